The Morgan fingerprint density at radius 3 is 2.56 bits per heavy atom. The number of hydrogen-bond acceptors (Lipinski definition) is 3. The van der Waals surface area contributed by atoms with Gasteiger partial charge in [0.15, 0.2) is 0 Å². The quantitative estimate of drug-likeness (QED) is 0.663. The van der Waals surface area contributed by atoms with Crippen LogP contribution in [0.3, 0.4) is 0 Å². The van der Waals surface area contributed by atoms with Gasteiger partial charge in [0.25, 0.3) is 0 Å². The molecule has 90 valence electrons. The van der Waals surface area contributed by atoms with Crippen molar-refractivity contribution in [3.05, 3.63) is 24.3 Å². The molecule has 3 nitrogen and oxygen atoms in total. The monoisotopic (exact) mass is 223 g/mol. The molecule has 0 spiro atoms. The van der Waals surface area contributed by atoms with E-state index in [1.54, 1.807) is 7.11 Å². The van der Waals surface area contributed by atoms with Crippen LogP contribution in [-0.2, 0) is 0 Å². The highest BCUT2D eigenvalue weighted by Gasteiger charge is 1.96. The molecular formula is C13H21NO2. The van der Waals surface area contributed by atoms with Crippen LogP contribution in [-0.4, -0.2) is 39.3 Å². The summed E-state index contributed by atoms with van der Waals surface area (Å²) in [5.74, 6) is 1.72. The molecule has 0 heterocycles. The summed E-state index contributed by atoms with van der Waals surface area (Å²) >= 11 is 0. The lowest BCUT2D eigenvalue weighted by Gasteiger charge is -2.10. The minimum absolute atomic E-state index is 0.765. The summed E-state index contributed by atoms with van der Waals surface area (Å²) < 4.78 is 10.8. The van der Waals surface area contributed by atoms with E-state index in [1.165, 1.54) is 0 Å². The second-order valence-electron chi connectivity index (χ2n) is 4.04. The maximum Gasteiger partial charge on any atom is 0.122 e. The molecule has 0 unspecified atom stereocenters. The topological polar surface area (TPSA) is 21.7 Å². The number of ether oxygens (including phenoxy) is 2. The van der Waals surface area contributed by atoms with Gasteiger partial charge in [-0.05, 0) is 45.6 Å². The van der Waals surface area contributed by atoms with Gasteiger partial charge < -0.3 is 14.4 Å². The van der Waals surface area contributed by atoms with Gasteiger partial charge in [-0.15, -0.1) is 0 Å². The lowest BCUT2D eigenvalue weighted by Crippen LogP contribution is -2.13. The van der Waals surface area contributed by atoms with Gasteiger partial charge in [-0.25, -0.2) is 0 Å². The molecule has 16 heavy (non-hydrogen) atoms. The maximum atomic E-state index is 5.63. The molecule has 0 N–H and O–H groups in total. The molecule has 0 fully saturated rings. The first kappa shape index (κ1) is 12.8. The lowest BCUT2D eigenvalue weighted by molar-refractivity contribution is 0.291. The minimum Gasteiger partial charge on any atom is -0.497 e. The first-order valence-electron chi connectivity index (χ1n) is 5.64. The Bertz CT molecular complexity index is 300. The van der Waals surface area contributed by atoms with Gasteiger partial charge in [-0.1, -0.05) is 6.07 Å². The third-order valence-electron chi connectivity index (χ3n) is 2.31. The second kappa shape index (κ2) is 7.12. The Labute approximate surface area is 98.0 Å². The van der Waals surface area contributed by atoms with Gasteiger partial charge in [0.1, 0.15) is 11.5 Å². The lowest BCUT2D eigenvalue weighted by atomic mass is 10.3. The number of benzene rings is 1. The van der Waals surface area contributed by atoms with E-state index in [2.05, 4.69) is 19.0 Å². The third-order valence-corrected chi connectivity index (χ3v) is 2.31. The average molecular weight is 223 g/mol. The Morgan fingerprint density at radius 2 is 1.88 bits per heavy atom. The van der Waals surface area contributed by atoms with E-state index in [0.29, 0.717) is 0 Å². The fourth-order valence-electron chi connectivity index (χ4n) is 1.41. The van der Waals surface area contributed by atoms with Gasteiger partial charge >= 0.3 is 0 Å². The first-order chi connectivity index (χ1) is 7.72. The van der Waals surface area contributed by atoms with E-state index in [1.807, 2.05) is 24.3 Å². The zero-order chi connectivity index (χ0) is 11.8. The summed E-state index contributed by atoms with van der Waals surface area (Å²) in [6.07, 6.45) is 2.24. The van der Waals surface area contributed by atoms with Crippen LogP contribution in [0.15, 0.2) is 24.3 Å². The van der Waals surface area contributed by atoms with Gasteiger partial charge in [-0.2, -0.15) is 0 Å². The molecule has 0 aliphatic carbocycles. The normalized spacial score (nSPS) is 10.5. The van der Waals surface area contributed by atoms with E-state index >= 15 is 0 Å². The molecule has 3 heteroatoms. The SMILES string of the molecule is COc1cccc(OCCCCN(C)C)c1. The number of nitrogens with zero attached hydrogens (tertiary/aromatic N) is 1. The van der Waals surface area contributed by atoms with Crippen LogP contribution in [0, 0.1) is 0 Å². The summed E-state index contributed by atoms with van der Waals surface area (Å²) in [4.78, 5) is 2.19. The van der Waals surface area contributed by atoms with Crippen LogP contribution in [0.4, 0.5) is 0 Å². The number of rotatable bonds is 7. The van der Waals surface area contributed by atoms with Gasteiger partial charge in [-0.3, -0.25) is 0 Å². The van der Waals surface area contributed by atoms with Crippen LogP contribution in [0.1, 0.15) is 12.8 Å². The fourth-order valence-corrected chi connectivity index (χ4v) is 1.41. The van der Waals surface area contributed by atoms with Crippen molar-refractivity contribution in [1.82, 2.24) is 4.90 Å². The summed E-state index contributed by atoms with van der Waals surface area (Å²) in [5.41, 5.74) is 0. The van der Waals surface area contributed by atoms with Gasteiger partial charge in [0, 0.05) is 6.07 Å². The minimum atomic E-state index is 0.765. The zero-order valence-electron chi connectivity index (χ0n) is 10.4. The average Bonchev–Trinajstić information content (AvgIpc) is 2.28. The number of hydrogen-bond donors (Lipinski definition) is 0. The van der Waals surface area contributed by atoms with Crippen LogP contribution >= 0.6 is 0 Å². The second-order valence-corrected chi connectivity index (χ2v) is 4.04. The highest BCUT2D eigenvalue weighted by molar-refractivity contribution is 5.32. The van der Waals surface area contributed by atoms with E-state index in [4.69, 9.17) is 9.47 Å². The summed E-state index contributed by atoms with van der Waals surface area (Å²) in [6, 6.07) is 7.72. The molecule has 0 aliphatic rings. The molecular weight excluding hydrogens is 202 g/mol. The van der Waals surface area contributed by atoms with E-state index in [9.17, 15) is 0 Å². The molecule has 0 saturated heterocycles. The van der Waals surface area contributed by atoms with Gasteiger partial charge in [0.05, 0.1) is 13.7 Å². The van der Waals surface area contributed by atoms with E-state index in [0.717, 1.165) is 37.5 Å². The van der Waals surface area contributed by atoms with Gasteiger partial charge in [0.2, 0.25) is 0 Å². The third kappa shape index (κ3) is 5.03. The standard InChI is InChI=1S/C13H21NO2/c1-14(2)9-4-5-10-16-13-8-6-7-12(11-13)15-3/h6-8,11H,4-5,9-10H2,1-3H3. The summed E-state index contributed by atoms with van der Waals surface area (Å²) in [6.45, 7) is 1.88. The predicted molar refractivity (Wildman–Crippen MR) is 66.3 cm³/mol. The summed E-state index contributed by atoms with van der Waals surface area (Å²) in [5, 5.41) is 0. The molecule has 1 aromatic carbocycles. The molecule has 0 aromatic heterocycles. The zero-order valence-corrected chi connectivity index (χ0v) is 10.4. The van der Waals surface area contributed by atoms with Crippen LogP contribution in [0.25, 0.3) is 0 Å². The van der Waals surface area contributed by atoms with E-state index < -0.39 is 0 Å². The maximum absolute atomic E-state index is 5.63. The highest BCUT2D eigenvalue weighted by Crippen LogP contribution is 2.18. The van der Waals surface area contributed by atoms with Crippen molar-refractivity contribution in [3.8, 4) is 11.5 Å². The Morgan fingerprint density at radius 1 is 1.12 bits per heavy atom. The Kier molecular flexibility index (Phi) is 5.72. The van der Waals surface area contributed by atoms with Crippen molar-refractivity contribution in [2.45, 2.75) is 12.8 Å². The smallest absolute Gasteiger partial charge is 0.122 e. The summed E-state index contributed by atoms with van der Waals surface area (Å²) in [7, 11) is 5.84. The highest BCUT2D eigenvalue weighted by atomic mass is 16.5. The molecule has 0 radical (unpaired) electrons. The molecule has 1 aromatic rings. The van der Waals surface area contributed by atoms with Crippen molar-refractivity contribution >= 4 is 0 Å². The van der Waals surface area contributed by atoms with Crippen molar-refractivity contribution < 1.29 is 9.47 Å². The molecule has 0 saturated carbocycles. The molecule has 1 rings (SSSR count). The number of methoxy groups -OCH3 is 1. The van der Waals surface area contributed by atoms with Crippen molar-refractivity contribution in [2.75, 3.05) is 34.4 Å². The van der Waals surface area contributed by atoms with Crippen molar-refractivity contribution in [3.63, 3.8) is 0 Å². The Balaban J connectivity index is 2.21. The molecule has 0 bridgehead atoms. The Hall–Kier alpha value is -1.22. The first-order valence-corrected chi connectivity index (χ1v) is 5.64. The molecule has 0 amide bonds. The number of unbranched alkanes of at least 4 members (excludes halogenated alkanes) is 1. The van der Waals surface area contributed by atoms with Crippen molar-refractivity contribution in [1.29, 1.82) is 0 Å². The van der Waals surface area contributed by atoms with Crippen LogP contribution in [0.5, 0.6) is 11.5 Å². The fraction of sp³-hybridized carbons (Fsp3) is 0.538. The van der Waals surface area contributed by atoms with Crippen LogP contribution < -0.4 is 9.47 Å². The molecule has 0 atom stereocenters. The van der Waals surface area contributed by atoms with E-state index in [-0.39, 0.29) is 0 Å². The van der Waals surface area contributed by atoms with Crippen molar-refractivity contribution in [2.24, 2.45) is 0 Å². The largest absolute Gasteiger partial charge is 0.497 e. The molecule has 0 aliphatic heterocycles. The van der Waals surface area contributed by atoms with Crippen LogP contribution in [0.2, 0.25) is 0 Å². The predicted octanol–water partition coefficient (Wildman–Crippen LogP) is 2.42.